The summed E-state index contributed by atoms with van der Waals surface area (Å²) >= 11 is 0. The van der Waals surface area contributed by atoms with Gasteiger partial charge in [0.1, 0.15) is 5.54 Å². The van der Waals surface area contributed by atoms with Gasteiger partial charge in [0.05, 0.1) is 6.54 Å². The highest BCUT2D eigenvalue weighted by Gasteiger charge is 2.45. The van der Waals surface area contributed by atoms with Crippen molar-refractivity contribution in [2.45, 2.75) is 52.4 Å². The minimum Gasteiger partial charge on any atom is -0.342 e. The highest BCUT2D eigenvalue weighted by atomic mass is 16.2. The summed E-state index contributed by atoms with van der Waals surface area (Å²) in [7, 11) is 0. The third-order valence-corrected chi connectivity index (χ3v) is 5.28. The van der Waals surface area contributed by atoms with Crippen LogP contribution in [0.4, 0.5) is 4.79 Å². The average molecular weight is 422 g/mol. The van der Waals surface area contributed by atoms with E-state index in [0.29, 0.717) is 32.0 Å². The smallest absolute Gasteiger partial charge is 0.315 e. The van der Waals surface area contributed by atoms with Gasteiger partial charge >= 0.3 is 6.03 Å². The molecule has 0 spiro atoms. The number of carbonyl (C=O) groups is 2. The Hall–Kier alpha value is -3.35. The van der Waals surface area contributed by atoms with E-state index in [1.165, 1.54) is 4.90 Å². The number of rotatable bonds is 8. The zero-order chi connectivity index (χ0) is 22.4. The van der Waals surface area contributed by atoms with E-state index in [4.69, 9.17) is 5.41 Å². The fourth-order valence-corrected chi connectivity index (χ4v) is 3.93. The lowest BCUT2D eigenvalue weighted by molar-refractivity contribution is -0.131. The van der Waals surface area contributed by atoms with Crippen molar-refractivity contribution in [3.8, 4) is 0 Å². The molecule has 7 nitrogen and oxygen atoms in total. The zero-order valence-electron chi connectivity index (χ0n) is 18.4. The highest BCUT2D eigenvalue weighted by molar-refractivity contribution is 6.07. The Balaban J connectivity index is 1.55. The lowest BCUT2D eigenvalue weighted by atomic mass is 9.91. The Bertz CT molecular complexity index is 944. The minimum absolute atomic E-state index is 0.0741. The Morgan fingerprint density at radius 2 is 1.65 bits per heavy atom. The predicted molar refractivity (Wildman–Crippen MR) is 121 cm³/mol. The monoisotopic (exact) mass is 421 g/mol. The van der Waals surface area contributed by atoms with Gasteiger partial charge in [-0.1, -0.05) is 68.4 Å². The van der Waals surface area contributed by atoms with Gasteiger partial charge in [-0.25, -0.2) is 4.79 Å². The van der Waals surface area contributed by atoms with E-state index in [1.807, 2.05) is 61.5 Å². The normalized spacial score (nSPS) is 18.3. The summed E-state index contributed by atoms with van der Waals surface area (Å²) in [5, 5.41) is 17.0. The first-order valence-electron chi connectivity index (χ1n) is 10.6. The summed E-state index contributed by atoms with van der Waals surface area (Å²) in [4.78, 5) is 26.5. The minimum atomic E-state index is -0.735. The molecule has 1 aliphatic heterocycles. The Morgan fingerprint density at radius 1 is 1.03 bits per heavy atom. The van der Waals surface area contributed by atoms with E-state index in [0.717, 1.165) is 16.7 Å². The number of hydrogen-bond donors (Lipinski definition) is 4. The summed E-state index contributed by atoms with van der Waals surface area (Å²) in [6.07, 6.45) is 0.673. The molecular weight excluding hydrogens is 390 g/mol. The topological polar surface area (TPSA) is 97.3 Å². The Kier molecular flexibility index (Phi) is 6.95. The quantitative estimate of drug-likeness (QED) is 0.526. The van der Waals surface area contributed by atoms with E-state index in [1.54, 1.807) is 0 Å². The summed E-state index contributed by atoms with van der Waals surface area (Å²) in [6, 6.07) is 17.2. The van der Waals surface area contributed by atoms with Crippen LogP contribution in [-0.4, -0.2) is 28.3 Å². The van der Waals surface area contributed by atoms with Crippen molar-refractivity contribution in [2.24, 2.45) is 5.92 Å². The number of hydrogen-bond acceptors (Lipinski definition) is 3. The molecule has 1 unspecified atom stereocenters. The third-order valence-electron chi connectivity index (χ3n) is 5.28. The van der Waals surface area contributed by atoms with Gasteiger partial charge in [0.25, 0.3) is 5.91 Å². The molecule has 0 aromatic heterocycles. The molecule has 31 heavy (non-hydrogen) atoms. The summed E-state index contributed by atoms with van der Waals surface area (Å²) in [5.74, 6) is 0.406. The van der Waals surface area contributed by atoms with Gasteiger partial charge < -0.3 is 16.0 Å². The SMILES string of the molecule is CC(C)CC1(C)NC(=N)N(Cc2cccc(CNC(=O)NCc3ccccc3)c2)C1=O. The second kappa shape index (κ2) is 9.64. The van der Waals surface area contributed by atoms with Crippen molar-refractivity contribution in [1.82, 2.24) is 20.9 Å². The van der Waals surface area contributed by atoms with E-state index < -0.39 is 5.54 Å². The summed E-state index contributed by atoms with van der Waals surface area (Å²) in [5.41, 5.74) is 2.15. The van der Waals surface area contributed by atoms with E-state index in [-0.39, 0.29) is 17.9 Å². The number of nitrogens with one attached hydrogen (secondary N) is 4. The largest absolute Gasteiger partial charge is 0.342 e. The zero-order valence-corrected chi connectivity index (χ0v) is 18.4. The lowest BCUT2D eigenvalue weighted by Crippen LogP contribution is -2.44. The number of carbonyl (C=O) groups excluding carboxylic acids is 2. The summed E-state index contributed by atoms with van der Waals surface area (Å²) < 4.78 is 0. The van der Waals surface area contributed by atoms with Crippen LogP contribution in [0.3, 0.4) is 0 Å². The van der Waals surface area contributed by atoms with Crippen LogP contribution in [0.2, 0.25) is 0 Å². The van der Waals surface area contributed by atoms with Crippen LogP contribution in [0.5, 0.6) is 0 Å². The molecule has 3 amide bonds. The fourth-order valence-electron chi connectivity index (χ4n) is 3.93. The Labute approximate surface area is 183 Å². The first-order valence-corrected chi connectivity index (χ1v) is 10.6. The molecule has 0 bridgehead atoms. The van der Waals surface area contributed by atoms with Crippen molar-refractivity contribution in [3.05, 3.63) is 71.3 Å². The number of nitrogens with zero attached hydrogens (tertiary/aromatic N) is 1. The van der Waals surface area contributed by atoms with Gasteiger partial charge in [0, 0.05) is 13.1 Å². The van der Waals surface area contributed by atoms with Crippen molar-refractivity contribution in [3.63, 3.8) is 0 Å². The van der Waals surface area contributed by atoms with Gasteiger partial charge in [-0.3, -0.25) is 15.1 Å². The molecule has 164 valence electrons. The average Bonchev–Trinajstić information content (AvgIpc) is 2.94. The van der Waals surface area contributed by atoms with Crippen LogP contribution in [0.15, 0.2) is 54.6 Å². The van der Waals surface area contributed by atoms with Crippen molar-refractivity contribution < 1.29 is 9.59 Å². The molecule has 1 atom stereocenters. The van der Waals surface area contributed by atoms with Crippen LogP contribution in [0.25, 0.3) is 0 Å². The van der Waals surface area contributed by atoms with Crippen LogP contribution >= 0.6 is 0 Å². The van der Waals surface area contributed by atoms with E-state index >= 15 is 0 Å². The molecule has 7 heteroatoms. The molecule has 3 rings (SSSR count). The van der Waals surface area contributed by atoms with Gasteiger partial charge in [0.2, 0.25) is 0 Å². The molecule has 2 aromatic carbocycles. The van der Waals surface area contributed by atoms with Crippen LogP contribution < -0.4 is 16.0 Å². The standard InChI is InChI=1S/C24H31N5O2/c1-17(2)13-24(3)21(30)29(22(25)28-24)16-20-11-7-10-19(12-20)15-27-23(31)26-14-18-8-5-4-6-9-18/h4-12,17H,13-16H2,1-3H3,(H2,25,28)(H2,26,27,31). The van der Waals surface area contributed by atoms with Crippen LogP contribution in [0, 0.1) is 11.3 Å². The molecule has 4 N–H and O–H groups in total. The maximum absolute atomic E-state index is 12.9. The summed E-state index contributed by atoms with van der Waals surface area (Å²) in [6.45, 7) is 7.17. The first kappa shape index (κ1) is 22.3. The molecule has 0 radical (unpaired) electrons. The van der Waals surface area contributed by atoms with Crippen LogP contribution in [0.1, 0.15) is 43.9 Å². The first-order chi connectivity index (χ1) is 14.8. The predicted octanol–water partition coefficient (Wildman–Crippen LogP) is 3.36. The molecule has 1 heterocycles. The van der Waals surface area contributed by atoms with Gasteiger partial charge in [0.15, 0.2) is 5.96 Å². The van der Waals surface area contributed by atoms with Gasteiger partial charge in [-0.05, 0) is 36.0 Å². The number of guanidine groups is 1. The maximum atomic E-state index is 12.9. The van der Waals surface area contributed by atoms with E-state index in [2.05, 4.69) is 29.8 Å². The Morgan fingerprint density at radius 3 is 2.32 bits per heavy atom. The number of amides is 3. The molecule has 0 aliphatic carbocycles. The fraction of sp³-hybridized carbons (Fsp3) is 0.375. The van der Waals surface area contributed by atoms with Gasteiger partial charge in [-0.15, -0.1) is 0 Å². The molecule has 1 saturated heterocycles. The van der Waals surface area contributed by atoms with Crippen LogP contribution in [-0.2, 0) is 24.4 Å². The van der Waals surface area contributed by atoms with E-state index in [9.17, 15) is 9.59 Å². The second-order valence-electron chi connectivity index (χ2n) is 8.64. The molecule has 2 aromatic rings. The van der Waals surface area contributed by atoms with Crippen molar-refractivity contribution in [1.29, 1.82) is 5.41 Å². The molecule has 1 fully saturated rings. The van der Waals surface area contributed by atoms with Crippen molar-refractivity contribution in [2.75, 3.05) is 0 Å². The highest BCUT2D eigenvalue weighted by Crippen LogP contribution is 2.26. The second-order valence-corrected chi connectivity index (χ2v) is 8.64. The third kappa shape index (κ3) is 5.84. The number of urea groups is 1. The maximum Gasteiger partial charge on any atom is 0.315 e. The number of benzene rings is 2. The molecule has 1 aliphatic rings. The van der Waals surface area contributed by atoms with Gasteiger partial charge in [-0.2, -0.15) is 0 Å². The van der Waals surface area contributed by atoms with Crippen molar-refractivity contribution >= 4 is 17.9 Å². The molecular formula is C24H31N5O2. The molecule has 0 saturated carbocycles. The lowest BCUT2D eigenvalue weighted by Gasteiger charge is -2.24.